The lowest BCUT2D eigenvalue weighted by atomic mass is 9.76. The largest absolute Gasteiger partial charge is 0.381 e. The fourth-order valence-electron chi connectivity index (χ4n) is 3.18. The van der Waals surface area contributed by atoms with E-state index in [2.05, 4.69) is 9.88 Å². The first-order valence-corrected chi connectivity index (χ1v) is 7.64. The molecule has 3 heterocycles. The molecule has 1 saturated heterocycles. The summed E-state index contributed by atoms with van der Waals surface area (Å²) in [7, 11) is 3.99. The summed E-state index contributed by atoms with van der Waals surface area (Å²) in [6, 6.07) is 3.74. The third-order valence-electron chi connectivity index (χ3n) is 4.38. The quantitative estimate of drug-likeness (QED) is 0.797. The van der Waals surface area contributed by atoms with Crippen LogP contribution in [0, 0.1) is 0 Å². The van der Waals surface area contributed by atoms with Crippen LogP contribution in [0.1, 0.15) is 18.4 Å². The molecule has 1 aromatic heterocycles. The zero-order valence-corrected chi connectivity index (χ0v) is 13.2. The summed E-state index contributed by atoms with van der Waals surface area (Å²) in [5, 5.41) is 0.431. The van der Waals surface area contributed by atoms with Crippen molar-refractivity contribution in [2.24, 2.45) is 0 Å². The van der Waals surface area contributed by atoms with E-state index in [4.69, 9.17) is 16.3 Å². The minimum atomic E-state index is -0.461. The standard InChI is InChI=1S/C15H20ClN3O2/c1-18(2)7-8-19-13-11(3-4-12(16)17-13)15(14(19)20)5-9-21-10-6-15/h3-4H,5-10H2,1-2H3. The molecule has 0 aliphatic carbocycles. The van der Waals surface area contributed by atoms with E-state index in [1.807, 2.05) is 20.2 Å². The Labute approximate surface area is 129 Å². The summed E-state index contributed by atoms with van der Waals surface area (Å²) in [5.41, 5.74) is 0.552. The minimum absolute atomic E-state index is 0.150. The van der Waals surface area contributed by atoms with Crippen molar-refractivity contribution >= 4 is 23.3 Å². The first kappa shape index (κ1) is 14.8. The molecule has 1 spiro atoms. The smallest absolute Gasteiger partial charge is 0.239 e. The third kappa shape index (κ3) is 2.43. The fraction of sp³-hybridized carbons (Fsp3) is 0.600. The number of rotatable bonds is 3. The van der Waals surface area contributed by atoms with Crippen molar-refractivity contribution in [2.75, 3.05) is 45.3 Å². The van der Waals surface area contributed by atoms with Gasteiger partial charge in [0.25, 0.3) is 0 Å². The first-order chi connectivity index (χ1) is 10.0. The Balaban J connectivity index is 2.00. The molecule has 0 aromatic carbocycles. The van der Waals surface area contributed by atoms with Gasteiger partial charge in [-0.3, -0.25) is 9.69 Å². The van der Waals surface area contributed by atoms with Crippen molar-refractivity contribution < 1.29 is 9.53 Å². The third-order valence-corrected chi connectivity index (χ3v) is 4.59. The number of fused-ring (bicyclic) bond motifs is 2. The minimum Gasteiger partial charge on any atom is -0.381 e. The van der Waals surface area contributed by atoms with Crippen molar-refractivity contribution in [1.29, 1.82) is 0 Å². The number of halogens is 1. The van der Waals surface area contributed by atoms with Gasteiger partial charge in [0.1, 0.15) is 11.0 Å². The van der Waals surface area contributed by atoms with Gasteiger partial charge in [0.15, 0.2) is 0 Å². The van der Waals surface area contributed by atoms with Gasteiger partial charge in [-0.1, -0.05) is 17.7 Å². The molecule has 2 aliphatic rings. The topological polar surface area (TPSA) is 45.7 Å². The van der Waals surface area contributed by atoms with Gasteiger partial charge in [-0.15, -0.1) is 0 Å². The Kier molecular flexibility index (Phi) is 3.90. The highest BCUT2D eigenvalue weighted by atomic mass is 35.5. The Morgan fingerprint density at radius 1 is 1.38 bits per heavy atom. The van der Waals surface area contributed by atoms with Crippen LogP contribution in [-0.2, 0) is 14.9 Å². The maximum absolute atomic E-state index is 13.0. The zero-order valence-electron chi connectivity index (χ0n) is 12.4. The second-order valence-electron chi connectivity index (χ2n) is 5.96. The van der Waals surface area contributed by atoms with Crippen LogP contribution >= 0.6 is 11.6 Å². The van der Waals surface area contributed by atoms with E-state index in [-0.39, 0.29) is 5.91 Å². The molecule has 0 bridgehead atoms. The number of nitrogens with zero attached hydrogens (tertiary/aromatic N) is 3. The number of likely N-dealkylation sites (N-methyl/N-ethyl adjacent to an activating group) is 1. The Hall–Kier alpha value is -1.17. The average molecular weight is 310 g/mol. The normalized spacial score (nSPS) is 20.4. The lowest BCUT2D eigenvalue weighted by molar-refractivity contribution is -0.126. The maximum atomic E-state index is 13.0. The van der Waals surface area contributed by atoms with E-state index in [0.29, 0.717) is 24.9 Å². The predicted molar refractivity (Wildman–Crippen MR) is 81.9 cm³/mol. The van der Waals surface area contributed by atoms with Crippen molar-refractivity contribution in [2.45, 2.75) is 18.3 Å². The van der Waals surface area contributed by atoms with Crippen LogP contribution in [0.25, 0.3) is 0 Å². The molecule has 0 saturated carbocycles. The van der Waals surface area contributed by atoms with Crippen LogP contribution in [0.3, 0.4) is 0 Å². The number of carbonyl (C=O) groups excluding carboxylic acids is 1. The van der Waals surface area contributed by atoms with E-state index < -0.39 is 5.41 Å². The lowest BCUT2D eigenvalue weighted by Crippen LogP contribution is -2.45. The molecule has 0 atom stereocenters. The molecule has 0 N–H and O–H groups in total. The van der Waals surface area contributed by atoms with Crippen molar-refractivity contribution in [3.8, 4) is 0 Å². The molecule has 1 fully saturated rings. The summed E-state index contributed by atoms with van der Waals surface area (Å²) < 4.78 is 5.45. The number of hydrogen-bond acceptors (Lipinski definition) is 4. The highest BCUT2D eigenvalue weighted by Crippen LogP contribution is 2.47. The van der Waals surface area contributed by atoms with Gasteiger partial charge >= 0.3 is 0 Å². The molecule has 1 aromatic rings. The average Bonchev–Trinajstić information content (AvgIpc) is 2.67. The van der Waals surface area contributed by atoms with E-state index >= 15 is 0 Å². The van der Waals surface area contributed by atoms with Gasteiger partial charge < -0.3 is 9.64 Å². The molecule has 0 radical (unpaired) electrons. The van der Waals surface area contributed by atoms with E-state index in [9.17, 15) is 4.79 Å². The van der Waals surface area contributed by atoms with E-state index in [1.54, 1.807) is 11.0 Å². The molecule has 3 rings (SSSR count). The second kappa shape index (κ2) is 5.55. The van der Waals surface area contributed by atoms with Gasteiger partial charge in [-0.2, -0.15) is 0 Å². The SMILES string of the molecule is CN(C)CCN1C(=O)C2(CCOCC2)c2ccc(Cl)nc21. The summed E-state index contributed by atoms with van der Waals surface area (Å²) >= 11 is 6.04. The Bertz CT molecular complexity index is 556. The molecule has 5 nitrogen and oxygen atoms in total. The van der Waals surface area contributed by atoms with Gasteiger partial charge in [0.05, 0.1) is 5.41 Å². The Morgan fingerprint density at radius 2 is 2.10 bits per heavy atom. The molecular weight excluding hydrogens is 290 g/mol. The van der Waals surface area contributed by atoms with Gasteiger partial charge in [-0.25, -0.2) is 4.98 Å². The zero-order chi connectivity index (χ0) is 15.0. The van der Waals surface area contributed by atoms with E-state index in [1.165, 1.54) is 0 Å². The summed E-state index contributed by atoms with van der Waals surface area (Å²) in [6.07, 6.45) is 1.45. The van der Waals surface area contributed by atoms with Crippen LogP contribution in [0.5, 0.6) is 0 Å². The monoisotopic (exact) mass is 309 g/mol. The molecule has 1 amide bonds. The molecule has 21 heavy (non-hydrogen) atoms. The maximum Gasteiger partial charge on any atom is 0.239 e. The summed E-state index contributed by atoms with van der Waals surface area (Å²) in [5.74, 6) is 0.883. The lowest BCUT2D eigenvalue weighted by Gasteiger charge is -2.32. The highest BCUT2D eigenvalue weighted by molar-refractivity contribution is 6.29. The van der Waals surface area contributed by atoms with Gasteiger partial charge in [0, 0.05) is 31.9 Å². The number of hydrogen-bond donors (Lipinski definition) is 0. The summed E-state index contributed by atoms with van der Waals surface area (Å²) in [4.78, 5) is 21.3. The Morgan fingerprint density at radius 3 is 2.76 bits per heavy atom. The molecule has 114 valence electrons. The van der Waals surface area contributed by atoms with Crippen LogP contribution < -0.4 is 4.90 Å². The molecule has 0 unspecified atom stereocenters. The molecule has 2 aliphatic heterocycles. The van der Waals surface area contributed by atoms with Crippen LogP contribution in [0.4, 0.5) is 5.82 Å². The number of aromatic nitrogens is 1. The van der Waals surface area contributed by atoms with Gasteiger partial charge in [0.2, 0.25) is 5.91 Å². The van der Waals surface area contributed by atoms with Crippen LogP contribution in [0.15, 0.2) is 12.1 Å². The number of anilines is 1. The van der Waals surface area contributed by atoms with Crippen LogP contribution in [-0.4, -0.2) is 56.2 Å². The molecule has 6 heteroatoms. The fourth-order valence-corrected chi connectivity index (χ4v) is 3.33. The van der Waals surface area contributed by atoms with Crippen molar-refractivity contribution in [3.05, 3.63) is 22.8 Å². The first-order valence-electron chi connectivity index (χ1n) is 7.26. The van der Waals surface area contributed by atoms with Crippen LogP contribution in [0.2, 0.25) is 5.15 Å². The number of amides is 1. The van der Waals surface area contributed by atoms with Gasteiger partial charge in [-0.05, 0) is 33.0 Å². The molecular formula is C15H20ClN3O2. The summed E-state index contributed by atoms with van der Waals surface area (Å²) in [6.45, 7) is 2.67. The second-order valence-corrected chi connectivity index (χ2v) is 6.35. The number of ether oxygens (including phenoxy) is 1. The highest BCUT2D eigenvalue weighted by Gasteiger charge is 2.52. The predicted octanol–water partition coefficient (Wildman–Crippen LogP) is 1.69. The van der Waals surface area contributed by atoms with Crippen molar-refractivity contribution in [1.82, 2.24) is 9.88 Å². The van der Waals surface area contributed by atoms with Crippen molar-refractivity contribution in [3.63, 3.8) is 0 Å². The number of pyridine rings is 1. The van der Waals surface area contributed by atoms with E-state index in [0.717, 1.165) is 30.8 Å². The number of carbonyl (C=O) groups is 1.